The van der Waals surface area contributed by atoms with Crippen LogP contribution in [0.15, 0.2) is 23.0 Å². The first-order valence-electron chi connectivity index (χ1n) is 11.0. The number of fused-ring (bicyclic) bond motifs is 3. The van der Waals surface area contributed by atoms with Gasteiger partial charge < -0.3 is 24.3 Å². The largest absolute Gasteiger partial charge is 0.492 e. The average molecular weight is 416 g/mol. The summed E-state index contributed by atoms with van der Waals surface area (Å²) in [6.07, 6.45) is 0.813. The van der Waals surface area contributed by atoms with Crippen LogP contribution in [0.3, 0.4) is 0 Å². The Morgan fingerprint density at radius 1 is 1.03 bits per heavy atom. The van der Waals surface area contributed by atoms with Gasteiger partial charge in [0.25, 0.3) is 0 Å². The van der Waals surface area contributed by atoms with E-state index in [0.717, 1.165) is 0 Å². The molecule has 0 saturated carbocycles. The minimum atomic E-state index is -2.79. The van der Waals surface area contributed by atoms with Crippen LogP contribution in [0.2, 0.25) is 0 Å². The van der Waals surface area contributed by atoms with Crippen molar-refractivity contribution in [2.75, 3.05) is 28.4 Å². The highest BCUT2D eigenvalue weighted by Crippen LogP contribution is 2.55. The van der Waals surface area contributed by atoms with E-state index in [4.69, 9.17) is 23.1 Å². The molecule has 0 spiro atoms. The second kappa shape index (κ2) is 8.65. The number of ether oxygens (including phenoxy) is 4. The summed E-state index contributed by atoms with van der Waals surface area (Å²) in [6, 6.07) is 4.21. The van der Waals surface area contributed by atoms with Crippen molar-refractivity contribution < 1.29 is 27.9 Å². The number of carbonyl (C=O) groups excluding carboxylic acids is 1. The Bertz CT molecular complexity index is 1150. The molecule has 2 aromatic carbocycles. The maximum absolute atomic E-state index is 12.6. The molecule has 0 bridgehead atoms. The summed E-state index contributed by atoms with van der Waals surface area (Å²) in [7, 11) is 1.48. The average Bonchev–Trinajstić information content (AvgIpc) is 2.94. The Morgan fingerprint density at radius 3 is 2.30 bits per heavy atom. The molecule has 3 rings (SSSR count). The maximum Gasteiger partial charge on any atom is 0.217 e. The van der Waals surface area contributed by atoms with E-state index in [0.29, 0.717) is 46.4 Å². The third-order valence-corrected chi connectivity index (χ3v) is 5.19. The lowest BCUT2D eigenvalue weighted by Gasteiger charge is -2.22. The molecule has 7 heteroatoms. The highest BCUT2D eigenvalue weighted by molar-refractivity contribution is 5.86. The maximum atomic E-state index is 12.6. The van der Waals surface area contributed by atoms with E-state index in [9.17, 15) is 9.59 Å². The lowest BCUT2D eigenvalue weighted by Crippen LogP contribution is -2.26. The van der Waals surface area contributed by atoms with Crippen molar-refractivity contribution in [3.05, 3.63) is 45.1 Å². The summed E-state index contributed by atoms with van der Waals surface area (Å²) in [4.78, 5) is 24.5. The van der Waals surface area contributed by atoms with Crippen molar-refractivity contribution in [3.8, 4) is 34.1 Å². The number of aryl methyl sites for hydroxylation is 1. The molecule has 2 aromatic rings. The Morgan fingerprint density at radius 2 is 1.70 bits per heavy atom. The third-order valence-electron chi connectivity index (χ3n) is 5.19. The van der Waals surface area contributed by atoms with Crippen LogP contribution in [0.1, 0.15) is 40.2 Å². The van der Waals surface area contributed by atoms with Crippen molar-refractivity contribution in [1.29, 1.82) is 0 Å². The topological polar surface area (TPSA) is 83.1 Å². The molecule has 1 aliphatic rings. The molecule has 1 unspecified atom stereocenters. The van der Waals surface area contributed by atoms with Gasteiger partial charge in [0.1, 0.15) is 0 Å². The number of hydrogen-bond acceptors (Lipinski definition) is 6. The van der Waals surface area contributed by atoms with Gasteiger partial charge in [-0.2, -0.15) is 0 Å². The Hall–Kier alpha value is -3.22. The van der Waals surface area contributed by atoms with Gasteiger partial charge in [-0.25, -0.2) is 0 Å². The summed E-state index contributed by atoms with van der Waals surface area (Å²) < 4.78 is 45.4. The SMILES string of the molecule is [2H]C([2H])([2H])Oc1c(OC)c(OC)c(OC)c2c1-c1cc(C)cc(=O)cc1C(NC(C)=O)CC2. The van der Waals surface area contributed by atoms with Gasteiger partial charge in [0, 0.05) is 18.1 Å². The molecule has 1 N–H and O–H groups in total. The minimum Gasteiger partial charge on any atom is -0.492 e. The van der Waals surface area contributed by atoms with Crippen molar-refractivity contribution in [3.63, 3.8) is 0 Å². The van der Waals surface area contributed by atoms with Gasteiger partial charge in [-0.15, -0.1) is 0 Å². The fourth-order valence-corrected chi connectivity index (χ4v) is 4.11. The fraction of sp³-hybridized carbons (Fsp3) is 0.391. The predicted molar refractivity (Wildman–Crippen MR) is 114 cm³/mol. The van der Waals surface area contributed by atoms with Crippen molar-refractivity contribution >= 4 is 5.91 Å². The number of methoxy groups -OCH3 is 4. The van der Waals surface area contributed by atoms with Gasteiger partial charge in [0.15, 0.2) is 16.9 Å². The standard InChI is InChI=1S/C23H27NO6/c1-12-9-14(26)11-16-17(10-12)19-15(7-8-18(16)24-13(2)25)20(27-3)22(29-5)23(30-6)21(19)28-4/h9-11,18H,7-8H2,1-6H3,(H,24,25)/i4D3. The first kappa shape index (κ1) is 17.6. The minimum absolute atomic E-state index is 0.0482. The summed E-state index contributed by atoms with van der Waals surface area (Å²) in [5, 5.41) is 2.90. The van der Waals surface area contributed by atoms with Crippen LogP contribution in [0.5, 0.6) is 23.0 Å². The highest BCUT2D eigenvalue weighted by atomic mass is 16.5. The third kappa shape index (κ3) is 3.67. The molecule has 0 fully saturated rings. The first-order valence-corrected chi connectivity index (χ1v) is 9.47. The monoisotopic (exact) mass is 416 g/mol. The quantitative estimate of drug-likeness (QED) is 0.806. The Kier molecular flexibility index (Phi) is 5.08. The molecule has 1 atom stereocenters. The van der Waals surface area contributed by atoms with Gasteiger partial charge in [0.2, 0.25) is 17.4 Å². The zero-order valence-corrected chi connectivity index (χ0v) is 17.7. The van der Waals surface area contributed by atoms with Crippen molar-refractivity contribution in [2.45, 2.75) is 32.7 Å². The van der Waals surface area contributed by atoms with Gasteiger partial charge >= 0.3 is 0 Å². The summed E-state index contributed by atoms with van der Waals surface area (Å²) in [5.41, 5.74) is 2.55. The number of carbonyl (C=O) groups is 1. The fourth-order valence-electron chi connectivity index (χ4n) is 4.11. The van der Waals surface area contributed by atoms with Gasteiger partial charge in [-0.05, 0) is 48.6 Å². The van der Waals surface area contributed by atoms with Crippen LogP contribution < -0.4 is 29.7 Å². The van der Waals surface area contributed by atoms with E-state index in [1.807, 2.05) is 0 Å². The summed E-state index contributed by atoms with van der Waals surface area (Å²) >= 11 is 0. The molecule has 1 amide bonds. The van der Waals surface area contributed by atoms with Crippen molar-refractivity contribution in [2.24, 2.45) is 0 Å². The van der Waals surface area contributed by atoms with E-state index in [2.05, 4.69) is 5.32 Å². The number of amides is 1. The second-order valence-corrected chi connectivity index (χ2v) is 7.12. The van der Waals surface area contributed by atoms with E-state index in [1.165, 1.54) is 40.4 Å². The van der Waals surface area contributed by atoms with E-state index >= 15 is 0 Å². The second-order valence-electron chi connectivity index (χ2n) is 7.12. The molecule has 1 aliphatic carbocycles. The number of benzene rings is 1. The number of hydrogen-bond donors (Lipinski definition) is 1. The van der Waals surface area contributed by atoms with Crippen LogP contribution in [-0.2, 0) is 11.2 Å². The van der Waals surface area contributed by atoms with E-state index in [-0.39, 0.29) is 28.6 Å². The summed E-state index contributed by atoms with van der Waals surface area (Å²) in [5.74, 6) is 0.309. The Balaban J connectivity index is 2.55. The lowest BCUT2D eigenvalue weighted by molar-refractivity contribution is -0.119. The molecule has 160 valence electrons. The summed E-state index contributed by atoms with van der Waals surface area (Å²) in [6.45, 7) is 3.17. The molecule has 7 nitrogen and oxygen atoms in total. The predicted octanol–water partition coefficient (Wildman–Crippen LogP) is 3.18. The number of rotatable bonds is 5. The molecule has 0 aliphatic heterocycles. The van der Waals surface area contributed by atoms with Crippen LogP contribution >= 0.6 is 0 Å². The van der Waals surface area contributed by atoms with Crippen molar-refractivity contribution in [1.82, 2.24) is 5.32 Å². The first-order chi connectivity index (χ1) is 15.5. The van der Waals surface area contributed by atoms with Crippen LogP contribution in [0, 0.1) is 6.92 Å². The van der Waals surface area contributed by atoms with Crippen LogP contribution in [0.4, 0.5) is 0 Å². The number of nitrogens with one attached hydrogen (secondary N) is 1. The van der Waals surface area contributed by atoms with E-state index in [1.54, 1.807) is 13.0 Å². The molecule has 0 heterocycles. The molecular weight excluding hydrogens is 386 g/mol. The highest BCUT2D eigenvalue weighted by Gasteiger charge is 2.33. The molecule has 0 radical (unpaired) electrons. The van der Waals surface area contributed by atoms with Gasteiger partial charge in [-0.1, -0.05) is 6.07 Å². The normalized spacial score (nSPS) is 16.6. The van der Waals surface area contributed by atoms with Crippen LogP contribution in [0.25, 0.3) is 11.1 Å². The van der Waals surface area contributed by atoms with Gasteiger partial charge in [0.05, 0.1) is 38.5 Å². The Labute approximate surface area is 180 Å². The molecular formula is C23H27NO6. The zero-order valence-electron chi connectivity index (χ0n) is 20.7. The molecule has 30 heavy (non-hydrogen) atoms. The molecule has 0 aromatic heterocycles. The molecule has 0 saturated heterocycles. The lowest BCUT2D eigenvalue weighted by atomic mass is 9.94. The zero-order chi connectivity index (χ0) is 24.5. The van der Waals surface area contributed by atoms with E-state index < -0.39 is 13.1 Å². The van der Waals surface area contributed by atoms with Gasteiger partial charge in [-0.3, -0.25) is 9.59 Å². The smallest absolute Gasteiger partial charge is 0.217 e. The van der Waals surface area contributed by atoms with Crippen LogP contribution in [-0.4, -0.2) is 34.3 Å².